The van der Waals surface area contributed by atoms with Gasteiger partial charge in [-0.1, -0.05) is 13.8 Å². The van der Waals surface area contributed by atoms with Crippen LogP contribution in [0.15, 0.2) is 0 Å². The summed E-state index contributed by atoms with van der Waals surface area (Å²) >= 11 is 0. The van der Waals surface area contributed by atoms with E-state index in [1.54, 1.807) is 13.8 Å². The van der Waals surface area contributed by atoms with E-state index in [2.05, 4.69) is 5.43 Å². The van der Waals surface area contributed by atoms with Crippen molar-refractivity contribution in [1.82, 2.24) is 5.43 Å². The lowest BCUT2D eigenvalue weighted by molar-refractivity contribution is -0.126. The number of aliphatic hydroxyl groups is 1. The van der Waals surface area contributed by atoms with Crippen LogP contribution in [-0.4, -0.2) is 23.0 Å². The van der Waals surface area contributed by atoms with E-state index in [4.69, 9.17) is 10.9 Å². The number of aliphatic hydroxyl groups excluding tert-OH is 1. The van der Waals surface area contributed by atoms with Gasteiger partial charge in [0.15, 0.2) is 5.78 Å². The minimum Gasteiger partial charge on any atom is -0.391 e. The van der Waals surface area contributed by atoms with Gasteiger partial charge in [-0.15, -0.1) is 0 Å². The molecule has 0 rings (SSSR count). The lowest BCUT2D eigenvalue weighted by atomic mass is 9.99. The lowest BCUT2D eigenvalue weighted by Crippen LogP contribution is -2.49. The molecule has 0 aromatic carbocycles. The molecule has 0 bridgehead atoms. The largest absolute Gasteiger partial charge is 0.391 e. The van der Waals surface area contributed by atoms with Gasteiger partial charge >= 0.3 is 0 Å². The Bertz CT molecular complexity index is 134. The molecule has 4 N–H and O–H groups in total. The van der Waals surface area contributed by atoms with Crippen LogP contribution in [0.2, 0.25) is 0 Å². The fourth-order valence-electron chi connectivity index (χ4n) is 0.818. The topological polar surface area (TPSA) is 75.4 Å². The second kappa shape index (κ2) is 4.43. The fourth-order valence-corrected chi connectivity index (χ4v) is 0.818. The van der Waals surface area contributed by atoms with E-state index < -0.39 is 12.1 Å². The van der Waals surface area contributed by atoms with Crippen molar-refractivity contribution in [1.29, 1.82) is 0 Å². The van der Waals surface area contributed by atoms with E-state index >= 15 is 0 Å². The van der Waals surface area contributed by atoms with Gasteiger partial charge in [-0.05, 0) is 6.92 Å². The average molecular weight is 160 g/mol. The molecule has 0 unspecified atom stereocenters. The Morgan fingerprint density at radius 3 is 2.00 bits per heavy atom. The van der Waals surface area contributed by atoms with E-state index in [1.807, 2.05) is 0 Å². The summed E-state index contributed by atoms with van der Waals surface area (Å²) in [5, 5.41) is 9.07. The van der Waals surface area contributed by atoms with Crippen molar-refractivity contribution in [2.24, 2.45) is 11.8 Å². The van der Waals surface area contributed by atoms with Crippen LogP contribution in [-0.2, 0) is 4.79 Å². The van der Waals surface area contributed by atoms with E-state index in [0.717, 1.165) is 0 Å². The third kappa shape index (κ3) is 2.96. The van der Waals surface area contributed by atoms with Crippen LogP contribution in [0.25, 0.3) is 0 Å². The molecule has 0 saturated carbocycles. The number of rotatable bonds is 4. The smallest absolute Gasteiger partial charge is 0.156 e. The van der Waals surface area contributed by atoms with Gasteiger partial charge in [0, 0.05) is 5.92 Å². The summed E-state index contributed by atoms with van der Waals surface area (Å²) < 4.78 is 0. The molecule has 0 saturated heterocycles. The highest BCUT2D eigenvalue weighted by Crippen LogP contribution is 2.02. The predicted molar refractivity (Wildman–Crippen MR) is 42.6 cm³/mol. The molecule has 0 aliphatic rings. The number of Topliss-reactive ketones (excluding diaryl/α,β-unsaturated/α-hetero) is 1. The Kier molecular flexibility index (Phi) is 4.25. The highest BCUT2D eigenvalue weighted by atomic mass is 16.3. The number of carbonyl (C=O) groups is 1. The summed E-state index contributed by atoms with van der Waals surface area (Å²) in [6.45, 7) is 5.08. The van der Waals surface area contributed by atoms with E-state index in [-0.39, 0.29) is 11.7 Å². The van der Waals surface area contributed by atoms with Gasteiger partial charge in [0.1, 0.15) is 6.04 Å². The van der Waals surface area contributed by atoms with Gasteiger partial charge < -0.3 is 5.11 Å². The predicted octanol–water partition coefficient (Wildman–Crippen LogP) is -0.576. The quantitative estimate of drug-likeness (QED) is 0.380. The normalized spacial score (nSPS) is 16.5. The number of hydrogen-bond acceptors (Lipinski definition) is 4. The van der Waals surface area contributed by atoms with Crippen LogP contribution in [0.3, 0.4) is 0 Å². The number of carbonyl (C=O) groups excluding carboxylic acids is 1. The van der Waals surface area contributed by atoms with Crippen molar-refractivity contribution in [2.45, 2.75) is 32.9 Å². The standard InChI is InChI=1S/C7H16N2O2/c1-4(2)7(11)6(9-8)5(3)10/h4-6,9-10H,8H2,1-3H3/t5-,6+/m1/s1. The van der Waals surface area contributed by atoms with Crippen molar-refractivity contribution in [3.63, 3.8) is 0 Å². The molecule has 0 heterocycles. The highest BCUT2D eigenvalue weighted by molar-refractivity contribution is 5.86. The summed E-state index contributed by atoms with van der Waals surface area (Å²) in [6, 6.07) is -0.644. The molecule has 0 spiro atoms. The number of nitrogens with two attached hydrogens (primary N) is 1. The molecule has 4 nitrogen and oxygen atoms in total. The molecular weight excluding hydrogens is 144 g/mol. The molecule has 0 aliphatic carbocycles. The van der Waals surface area contributed by atoms with Crippen LogP contribution in [0.4, 0.5) is 0 Å². The minimum atomic E-state index is -0.741. The molecule has 0 aliphatic heterocycles. The Hall–Kier alpha value is -0.450. The maximum Gasteiger partial charge on any atom is 0.156 e. The van der Waals surface area contributed by atoms with Crippen molar-refractivity contribution >= 4 is 5.78 Å². The average Bonchev–Trinajstić information content (AvgIpc) is 1.88. The van der Waals surface area contributed by atoms with Gasteiger partial charge in [-0.2, -0.15) is 0 Å². The van der Waals surface area contributed by atoms with Crippen LogP contribution >= 0.6 is 0 Å². The van der Waals surface area contributed by atoms with Gasteiger partial charge in [0.05, 0.1) is 6.10 Å². The van der Waals surface area contributed by atoms with Gasteiger partial charge in [-0.3, -0.25) is 10.6 Å². The first-order valence-corrected chi connectivity index (χ1v) is 3.68. The van der Waals surface area contributed by atoms with E-state index in [9.17, 15) is 4.79 Å². The van der Waals surface area contributed by atoms with Gasteiger partial charge in [0.2, 0.25) is 0 Å². The van der Waals surface area contributed by atoms with Crippen molar-refractivity contribution in [2.75, 3.05) is 0 Å². The Labute approximate surface area is 66.7 Å². The molecular formula is C7H16N2O2. The van der Waals surface area contributed by atoms with Crippen molar-refractivity contribution < 1.29 is 9.90 Å². The van der Waals surface area contributed by atoms with Crippen molar-refractivity contribution in [3.8, 4) is 0 Å². The zero-order valence-corrected chi connectivity index (χ0v) is 7.16. The molecule has 0 aromatic heterocycles. The number of ketones is 1. The first-order valence-electron chi connectivity index (χ1n) is 3.68. The molecule has 0 amide bonds. The number of nitrogens with one attached hydrogen (secondary N) is 1. The summed E-state index contributed by atoms with van der Waals surface area (Å²) in [6.07, 6.45) is -0.741. The Morgan fingerprint density at radius 1 is 1.45 bits per heavy atom. The second-order valence-corrected chi connectivity index (χ2v) is 2.94. The Morgan fingerprint density at radius 2 is 1.91 bits per heavy atom. The van der Waals surface area contributed by atoms with Crippen LogP contribution < -0.4 is 11.3 Å². The minimum absolute atomic E-state index is 0.0671. The summed E-state index contributed by atoms with van der Waals surface area (Å²) in [5.41, 5.74) is 2.28. The lowest BCUT2D eigenvalue weighted by Gasteiger charge is -2.19. The summed E-state index contributed by atoms with van der Waals surface area (Å²) in [7, 11) is 0. The molecule has 0 aromatic rings. The summed E-state index contributed by atoms with van der Waals surface area (Å²) in [5.74, 6) is 4.91. The fraction of sp³-hybridized carbons (Fsp3) is 0.857. The number of hydrazine groups is 1. The van der Waals surface area contributed by atoms with Gasteiger partial charge in [0.25, 0.3) is 0 Å². The molecule has 2 atom stereocenters. The molecule has 11 heavy (non-hydrogen) atoms. The molecule has 0 radical (unpaired) electrons. The number of hydrogen-bond donors (Lipinski definition) is 3. The maximum atomic E-state index is 11.2. The molecule has 0 fully saturated rings. The molecule has 66 valence electrons. The zero-order valence-electron chi connectivity index (χ0n) is 7.16. The van der Waals surface area contributed by atoms with E-state index in [0.29, 0.717) is 0 Å². The first-order chi connectivity index (χ1) is 5.00. The second-order valence-electron chi connectivity index (χ2n) is 2.94. The van der Waals surface area contributed by atoms with Gasteiger partial charge in [-0.25, -0.2) is 5.43 Å². The third-order valence-corrected chi connectivity index (χ3v) is 1.54. The highest BCUT2D eigenvalue weighted by Gasteiger charge is 2.23. The van der Waals surface area contributed by atoms with Crippen LogP contribution in [0.5, 0.6) is 0 Å². The third-order valence-electron chi connectivity index (χ3n) is 1.54. The summed E-state index contributed by atoms with van der Waals surface area (Å²) in [4.78, 5) is 11.2. The molecule has 4 heteroatoms. The van der Waals surface area contributed by atoms with Crippen LogP contribution in [0.1, 0.15) is 20.8 Å². The maximum absolute atomic E-state index is 11.2. The monoisotopic (exact) mass is 160 g/mol. The zero-order chi connectivity index (χ0) is 9.02. The van der Waals surface area contributed by atoms with Crippen molar-refractivity contribution in [3.05, 3.63) is 0 Å². The Balaban J connectivity index is 4.15. The SMILES string of the molecule is CC(C)C(=O)[C@@H](NN)[C@@H](C)O. The first kappa shape index (κ1) is 10.6. The van der Waals surface area contributed by atoms with E-state index in [1.165, 1.54) is 6.92 Å². The van der Waals surface area contributed by atoms with Crippen LogP contribution in [0, 0.1) is 5.92 Å².